The van der Waals surface area contributed by atoms with Gasteiger partial charge in [-0.25, -0.2) is 0 Å². The number of ether oxygens (including phenoxy) is 1. The van der Waals surface area contributed by atoms with Crippen LogP contribution >= 0.6 is 0 Å². The van der Waals surface area contributed by atoms with Crippen LogP contribution in [0.2, 0.25) is 0 Å². The number of hydrogen-bond acceptors (Lipinski definition) is 3. The van der Waals surface area contributed by atoms with E-state index in [9.17, 15) is 4.79 Å². The van der Waals surface area contributed by atoms with E-state index in [0.717, 1.165) is 25.9 Å². The molecule has 0 saturated heterocycles. The topological polar surface area (TPSA) is 29.5 Å². The van der Waals surface area contributed by atoms with Gasteiger partial charge in [-0.05, 0) is 19.8 Å². The molecule has 0 aromatic heterocycles. The van der Waals surface area contributed by atoms with Crippen LogP contribution in [0.15, 0.2) is 0 Å². The van der Waals surface area contributed by atoms with E-state index in [1.807, 2.05) is 6.92 Å². The second-order valence-corrected chi connectivity index (χ2v) is 3.95. The van der Waals surface area contributed by atoms with E-state index in [4.69, 9.17) is 4.74 Å². The maximum atomic E-state index is 10.9. The summed E-state index contributed by atoms with van der Waals surface area (Å²) in [4.78, 5) is 13.1. The maximum Gasteiger partial charge on any atom is 0.304 e. The van der Waals surface area contributed by atoms with Gasteiger partial charge < -0.3 is 4.74 Å². The van der Waals surface area contributed by atoms with Crippen LogP contribution in [-0.2, 0) is 9.53 Å². The van der Waals surface area contributed by atoms with Crippen LogP contribution in [0, 0.1) is 0 Å². The fraction of sp³-hybridized carbons (Fsp3) is 0.917. The molecule has 0 aromatic carbocycles. The third kappa shape index (κ3) is 7.37. The fourth-order valence-corrected chi connectivity index (χ4v) is 1.51. The molecule has 0 aliphatic heterocycles. The largest absolute Gasteiger partial charge is 0.447 e. The van der Waals surface area contributed by atoms with E-state index in [1.54, 1.807) is 0 Å². The van der Waals surface area contributed by atoms with E-state index in [-0.39, 0.29) is 12.2 Å². The summed E-state index contributed by atoms with van der Waals surface area (Å²) in [6.45, 7) is 9.81. The van der Waals surface area contributed by atoms with Gasteiger partial charge in [0.2, 0.25) is 0 Å². The molecule has 0 bridgehead atoms. The molecule has 0 N–H and O–H groups in total. The van der Waals surface area contributed by atoms with Crippen molar-refractivity contribution >= 4 is 5.97 Å². The van der Waals surface area contributed by atoms with Gasteiger partial charge in [-0.15, -0.1) is 0 Å². The van der Waals surface area contributed by atoms with Crippen molar-refractivity contribution in [3.05, 3.63) is 0 Å². The number of rotatable bonds is 8. The lowest BCUT2D eigenvalue weighted by Gasteiger charge is -2.28. The van der Waals surface area contributed by atoms with Crippen LogP contribution in [0.5, 0.6) is 0 Å². The lowest BCUT2D eigenvalue weighted by atomic mass is 10.2. The molecule has 3 nitrogen and oxygen atoms in total. The molecule has 90 valence electrons. The minimum Gasteiger partial charge on any atom is -0.447 e. The summed E-state index contributed by atoms with van der Waals surface area (Å²) < 4.78 is 5.19. The van der Waals surface area contributed by atoms with Gasteiger partial charge in [-0.1, -0.05) is 26.7 Å². The van der Waals surface area contributed by atoms with E-state index in [0.29, 0.717) is 0 Å². The average Bonchev–Trinajstić information content (AvgIpc) is 2.17. The van der Waals surface area contributed by atoms with Crippen molar-refractivity contribution in [2.45, 2.75) is 59.6 Å². The van der Waals surface area contributed by atoms with Crippen LogP contribution in [0.1, 0.15) is 53.4 Å². The Bertz CT molecular complexity index is 163. The molecular formula is C12H25NO2. The first-order valence-electron chi connectivity index (χ1n) is 6.03. The van der Waals surface area contributed by atoms with Gasteiger partial charge in [0.15, 0.2) is 6.23 Å². The smallest absolute Gasteiger partial charge is 0.304 e. The third-order valence-corrected chi connectivity index (χ3v) is 2.45. The Morgan fingerprint density at radius 2 is 1.67 bits per heavy atom. The molecule has 3 heteroatoms. The summed E-state index contributed by atoms with van der Waals surface area (Å²) in [6, 6.07) is 0. The standard InChI is InChI=1S/C12H25NO2/c1-5-7-9-13(10-8-6-2)11(3)15-12(4)14/h11H,5-10H2,1-4H3. The second-order valence-electron chi connectivity index (χ2n) is 3.95. The average molecular weight is 215 g/mol. The molecule has 0 aliphatic carbocycles. The summed E-state index contributed by atoms with van der Waals surface area (Å²) in [5, 5.41) is 0. The quantitative estimate of drug-likeness (QED) is 0.460. The summed E-state index contributed by atoms with van der Waals surface area (Å²) in [5.74, 6) is -0.194. The Labute approximate surface area is 93.8 Å². The van der Waals surface area contributed by atoms with Gasteiger partial charge in [-0.2, -0.15) is 0 Å². The van der Waals surface area contributed by atoms with Crippen molar-refractivity contribution < 1.29 is 9.53 Å². The van der Waals surface area contributed by atoms with Crippen LogP contribution in [0.4, 0.5) is 0 Å². The van der Waals surface area contributed by atoms with Crippen molar-refractivity contribution in [3.63, 3.8) is 0 Å². The fourth-order valence-electron chi connectivity index (χ4n) is 1.51. The lowest BCUT2D eigenvalue weighted by molar-refractivity contribution is -0.154. The Morgan fingerprint density at radius 3 is 2.00 bits per heavy atom. The molecule has 0 radical (unpaired) electrons. The van der Waals surface area contributed by atoms with E-state index in [1.165, 1.54) is 19.8 Å². The zero-order chi connectivity index (χ0) is 11.7. The summed E-state index contributed by atoms with van der Waals surface area (Å²) >= 11 is 0. The van der Waals surface area contributed by atoms with Gasteiger partial charge in [0.1, 0.15) is 0 Å². The van der Waals surface area contributed by atoms with Crippen LogP contribution < -0.4 is 0 Å². The predicted octanol–water partition coefficient (Wildman–Crippen LogP) is 2.80. The Kier molecular flexibility index (Phi) is 8.38. The van der Waals surface area contributed by atoms with Crippen molar-refractivity contribution in [2.75, 3.05) is 13.1 Å². The van der Waals surface area contributed by atoms with Gasteiger partial charge in [0, 0.05) is 20.0 Å². The molecule has 0 spiro atoms. The number of esters is 1. The molecule has 15 heavy (non-hydrogen) atoms. The van der Waals surface area contributed by atoms with Gasteiger partial charge in [0.25, 0.3) is 0 Å². The molecule has 0 saturated carbocycles. The monoisotopic (exact) mass is 215 g/mol. The summed E-state index contributed by atoms with van der Waals surface area (Å²) in [6.07, 6.45) is 4.59. The highest BCUT2D eigenvalue weighted by molar-refractivity contribution is 5.66. The third-order valence-electron chi connectivity index (χ3n) is 2.45. The molecule has 0 fully saturated rings. The SMILES string of the molecule is CCCCN(CCCC)C(C)OC(C)=O. The first kappa shape index (κ1) is 14.4. The maximum absolute atomic E-state index is 10.9. The molecule has 0 aromatic rings. The summed E-state index contributed by atoms with van der Waals surface area (Å²) in [7, 11) is 0. The van der Waals surface area contributed by atoms with Crippen LogP contribution in [0.3, 0.4) is 0 Å². The van der Waals surface area contributed by atoms with E-state index >= 15 is 0 Å². The molecule has 0 amide bonds. The minimum atomic E-state index is -0.194. The minimum absolute atomic E-state index is 0.0828. The summed E-state index contributed by atoms with van der Waals surface area (Å²) in [5.41, 5.74) is 0. The van der Waals surface area contributed by atoms with E-state index < -0.39 is 0 Å². The predicted molar refractivity (Wildman–Crippen MR) is 62.6 cm³/mol. The molecule has 1 unspecified atom stereocenters. The van der Waals surface area contributed by atoms with Gasteiger partial charge in [0.05, 0.1) is 0 Å². The zero-order valence-electron chi connectivity index (χ0n) is 10.6. The zero-order valence-corrected chi connectivity index (χ0v) is 10.6. The second kappa shape index (κ2) is 8.72. The Balaban J connectivity index is 4.00. The Hall–Kier alpha value is -0.570. The van der Waals surface area contributed by atoms with Crippen molar-refractivity contribution in [3.8, 4) is 0 Å². The normalized spacial score (nSPS) is 12.9. The first-order chi connectivity index (χ1) is 7.11. The number of unbranched alkanes of at least 4 members (excludes halogenated alkanes) is 2. The van der Waals surface area contributed by atoms with Gasteiger partial charge >= 0.3 is 5.97 Å². The van der Waals surface area contributed by atoms with Crippen LogP contribution in [-0.4, -0.2) is 30.2 Å². The van der Waals surface area contributed by atoms with Crippen molar-refractivity contribution in [1.29, 1.82) is 0 Å². The highest BCUT2D eigenvalue weighted by Gasteiger charge is 2.14. The Morgan fingerprint density at radius 1 is 1.20 bits per heavy atom. The van der Waals surface area contributed by atoms with E-state index in [2.05, 4.69) is 18.7 Å². The highest BCUT2D eigenvalue weighted by atomic mass is 16.6. The highest BCUT2D eigenvalue weighted by Crippen LogP contribution is 2.06. The lowest BCUT2D eigenvalue weighted by Crippen LogP contribution is -2.37. The number of nitrogens with zero attached hydrogens (tertiary/aromatic N) is 1. The molecule has 0 rings (SSSR count). The molecular weight excluding hydrogens is 190 g/mol. The number of carbonyl (C=O) groups excluding carboxylic acids is 1. The number of hydrogen-bond donors (Lipinski definition) is 0. The molecule has 1 atom stereocenters. The van der Waals surface area contributed by atoms with Crippen LogP contribution in [0.25, 0.3) is 0 Å². The van der Waals surface area contributed by atoms with Crippen molar-refractivity contribution in [1.82, 2.24) is 4.90 Å². The molecule has 0 heterocycles. The first-order valence-corrected chi connectivity index (χ1v) is 6.03. The molecule has 0 aliphatic rings. The number of carbonyl (C=O) groups is 1. The van der Waals surface area contributed by atoms with Crippen molar-refractivity contribution in [2.24, 2.45) is 0 Å². The van der Waals surface area contributed by atoms with Gasteiger partial charge in [-0.3, -0.25) is 9.69 Å².